The van der Waals surface area contributed by atoms with Gasteiger partial charge in [0, 0.05) is 25.0 Å². The molecule has 0 saturated carbocycles. The molecule has 12 nitrogen and oxygen atoms in total. The summed E-state index contributed by atoms with van der Waals surface area (Å²) in [5, 5.41) is 18.1. The Hall–Kier alpha value is -4.30. The van der Waals surface area contributed by atoms with E-state index >= 15 is 0 Å². The number of rotatable bonds is 13. The van der Waals surface area contributed by atoms with Gasteiger partial charge in [0.15, 0.2) is 21.6 Å². The second-order valence-corrected chi connectivity index (χ2v) is 10.0. The minimum Gasteiger partial charge on any atom is -0.494 e. The molecule has 2 aromatic carbocycles. The number of carbonyl (C=O) groups excluding carboxylic acids is 2. The third-order valence-corrected chi connectivity index (χ3v) is 7.48. The largest absolute Gasteiger partial charge is 0.494 e. The number of methoxy groups -OCH3 is 2. The Kier molecular flexibility index (Phi) is 8.02. The molecule has 0 amide bonds. The van der Waals surface area contributed by atoms with Gasteiger partial charge < -0.3 is 19.7 Å². The molecule has 198 valence electrons. The van der Waals surface area contributed by atoms with Gasteiger partial charge in [-0.2, -0.15) is 0 Å². The average molecular weight is 559 g/mol. The van der Waals surface area contributed by atoms with E-state index in [-0.39, 0.29) is 47.3 Å². The first-order valence-corrected chi connectivity index (χ1v) is 12.8. The molecule has 2 heterocycles. The van der Waals surface area contributed by atoms with E-state index in [4.69, 9.17) is 19.7 Å². The molecule has 0 unspecified atom stereocenters. The number of hydrazine groups is 1. The van der Waals surface area contributed by atoms with Crippen LogP contribution in [0.5, 0.6) is 11.5 Å². The lowest BCUT2D eigenvalue weighted by Gasteiger charge is -2.15. The molecule has 0 spiro atoms. The number of hydrogen-bond donors (Lipinski definition) is 4. The fourth-order valence-electron chi connectivity index (χ4n) is 3.47. The SMILES string of the molecule is COc1cc2nc(C(=O)CCC(=O)O)sc2cc1NNc1cc2sc(C(=O)CCC(=O)O)nc2cc1OC. The number of Topliss-reactive ketones (excluding diaryl/α,β-unsaturated/α-hetero) is 2. The first kappa shape index (κ1) is 26.8. The number of thiazole rings is 2. The fourth-order valence-corrected chi connectivity index (χ4v) is 5.38. The smallest absolute Gasteiger partial charge is 0.303 e. The second-order valence-electron chi connectivity index (χ2n) is 7.96. The number of hydrogen-bond acceptors (Lipinski definition) is 12. The topological polar surface area (TPSA) is 177 Å². The molecule has 0 aliphatic rings. The molecule has 0 aliphatic carbocycles. The number of ether oxygens (including phenoxy) is 2. The number of nitrogens with one attached hydrogen (secondary N) is 2. The van der Waals surface area contributed by atoms with Crippen LogP contribution in [-0.4, -0.2) is 57.9 Å². The van der Waals surface area contributed by atoms with Crippen LogP contribution < -0.4 is 20.3 Å². The van der Waals surface area contributed by atoms with Gasteiger partial charge in [-0.25, -0.2) is 9.97 Å². The lowest BCUT2D eigenvalue weighted by Crippen LogP contribution is -2.10. The number of fused-ring (bicyclic) bond motifs is 2. The number of ketones is 2. The quantitative estimate of drug-likeness (QED) is 0.134. The van der Waals surface area contributed by atoms with Crippen LogP contribution in [0.4, 0.5) is 11.4 Å². The number of aliphatic carboxylic acids is 2. The third kappa shape index (κ3) is 5.98. The molecule has 2 aromatic heterocycles. The van der Waals surface area contributed by atoms with Crippen molar-refractivity contribution in [3.63, 3.8) is 0 Å². The van der Waals surface area contributed by atoms with Gasteiger partial charge in [0.1, 0.15) is 11.5 Å². The van der Waals surface area contributed by atoms with Crippen molar-refractivity contribution >= 4 is 78.0 Å². The van der Waals surface area contributed by atoms with Crippen LogP contribution >= 0.6 is 22.7 Å². The van der Waals surface area contributed by atoms with Crippen LogP contribution in [0, 0.1) is 0 Å². The molecule has 38 heavy (non-hydrogen) atoms. The Labute approximate surface area is 223 Å². The maximum atomic E-state index is 12.3. The zero-order valence-corrected chi connectivity index (χ0v) is 21.8. The first-order valence-electron chi connectivity index (χ1n) is 11.2. The average Bonchev–Trinajstić information content (AvgIpc) is 3.51. The Morgan fingerprint density at radius 1 is 0.711 bits per heavy atom. The Bertz CT molecular complexity index is 1450. The summed E-state index contributed by atoms with van der Waals surface area (Å²) in [5.74, 6) is -1.89. The molecular weight excluding hydrogens is 536 g/mol. The normalized spacial score (nSPS) is 10.9. The highest BCUT2D eigenvalue weighted by atomic mass is 32.1. The molecule has 0 saturated heterocycles. The van der Waals surface area contributed by atoms with E-state index in [2.05, 4.69) is 20.8 Å². The summed E-state index contributed by atoms with van der Waals surface area (Å²) in [6, 6.07) is 6.85. The van der Waals surface area contributed by atoms with Crippen LogP contribution in [0.3, 0.4) is 0 Å². The van der Waals surface area contributed by atoms with Gasteiger partial charge in [0.05, 0.1) is 58.9 Å². The van der Waals surface area contributed by atoms with Gasteiger partial charge in [0.25, 0.3) is 0 Å². The van der Waals surface area contributed by atoms with E-state index in [1.807, 2.05) is 0 Å². The number of carboxylic acid groups (broad SMARTS) is 2. The highest BCUT2D eigenvalue weighted by Crippen LogP contribution is 2.36. The number of anilines is 2. The number of benzene rings is 2. The molecule has 4 aromatic rings. The highest BCUT2D eigenvalue weighted by Gasteiger charge is 2.18. The van der Waals surface area contributed by atoms with Crippen LogP contribution in [0.2, 0.25) is 0 Å². The molecule has 14 heteroatoms. The summed E-state index contributed by atoms with van der Waals surface area (Å²) in [7, 11) is 2.98. The maximum Gasteiger partial charge on any atom is 0.303 e. The van der Waals surface area contributed by atoms with E-state index in [0.29, 0.717) is 43.3 Å². The Morgan fingerprint density at radius 3 is 1.45 bits per heavy atom. The van der Waals surface area contributed by atoms with Gasteiger partial charge in [0.2, 0.25) is 0 Å². The molecule has 0 fully saturated rings. The van der Waals surface area contributed by atoms with E-state index in [1.54, 1.807) is 24.3 Å². The fraction of sp³-hybridized carbons (Fsp3) is 0.250. The van der Waals surface area contributed by atoms with E-state index in [9.17, 15) is 19.2 Å². The van der Waals surface area contributed by atoms with Crippen molar-refractivity contribution in [2.24, 2.45) is 0 Å². The summed E-state index contributed by atoms with van der Waals surface area (Å²) < 4.78 is 12.3. The molecule has 0 aliphatic heterocycles. The molecule has 0 bridgehead atoms. The molecule has 0 radical (unpaired) electrons. The third-order valence-electron chi connectivity index (χ3n) is 5.36. The summed E-state index contributed by atoms with van der Waals surface area (Å²) in [5.41, 5.74) is 8.31. The zero-order valence-electron chi connectivity index (χ0n) is 20.2. The number of carbonyl (C=O) groups is 4. The summed E-state index contributed by atoms with van der Waals surface area (Å²) in [6.07, 6.45) is -0.797. The Morgan fingerprint density at radius 2 is 1.11 bits per heavy atom. The summed E-state index contributed by atoms with van der Waals surface area (Å²) in [4.78, 5) is 54.8. The maximum absolute atomic E-state index is 12.3. The lowest BCUT2D eigenvalue weighted by atomic mass is 10.2. The number of aromatic nitrogens is 2. The summed E-state index contributed by atoms with van der Waals surface area (Å²) >= 11 is 2.31. The Balaban J connectivity index is 1.57. The van der Waals surface area contributed by atoms with Crippen molar-refractivity contribution in [3.05, 3.63) is 34.3 Å². The zero-order chi connectivity index (χ0) is 27.4. The van der Waals surface area contributed by atoms with Crippen LogP contribution in [0.15, 0.2) is 24.3 Å². The molecule has 4 N–H and O–H groups in total. The van der Waals surface area contributed by atoms with Gasteiger partial charge in [-0.3, -0.25) is 30.0 Å². The van der Waals surface area contributed by atoms with Gasteiger partial charge in [-0.15, -0.1) is 22.7 Å². The monoisotopic (exact) mass is 558 g/mol. The van der Waals surface area contributed by atoms with E-state index in [1.165, 1.54) is 14.2 Å². The minimum atomic E-state index is -1.05. The standard InChI is InChI=1S/C24H22N4O8S2/c1-35-17-7-13-19(37-23(25-13)15(29)3-5-21(31)32)9-11(17)27-28-12-10-20-14(8-18(12)36-2)26-24(38-20)16(30)4-6-22(33)34/h7-10,27-28H,3-6H2,1-2H3,(H,31,32)(H,33,34). The first-order chi connectivity index (χ1) is 18.2. The van der Waals surface area contributed by atoms with Crippen molar-refractivity contribution in [1.29, 1.82) is 0 Å². The predicted octanol–water partition coefficient (Wildman–Crippen LogP) is 4.46. The van der Waals surface area contributed by atoms with Gasteiger partial charge >= 0.3 is 11.9 Å². The van der Waals surface area contributed by atoms with Crippen molar-refractivity contribution in [2.75, 3.05) is 25.1 Å². The van der Waals surface area contributed by atoms with Crippen molar-refractivity contribution < 1.29 is 38.9 Å². The van der Waals surface area contributed by atoms with Crippen molar-refractivity contribution in [3.8, 4) is 11.5 Å². The van der Waals surface area contributed by atoms with Gasteiger partial charge in [-0.1, -0.05) is 0 Å². The summed E-state index contributed by atoms with van der Waals surface area (Å²) in [6.45, 7) is 0. The molecule has 4 rings (SSSR count). The number of nitrogens with zero attached hydrogens (tertiary/aromatic N) is 2. The lowest BCUT2D eigenvalue weighted by molar-refractivity contribution is -0.137. The van der Waals surface area contributed by atoms with Crippen LogP contribution in [0.25, 0.3) is 20.4 Å². The second kappa shape index (κ2) is 11.4. The molecule has 0 atom stereocenters. The highest BCUT2D eigenvalue weighted by molar-refractivity contribution is 7.20. The predicted molar refractivity (Wildman–Crippen MR) is 142 cm³/mol. The van der Waals surface area contributed by atoms with Crippen LogP contribution in [-0.2, 0) is 9.59 Å². The van der Waals surface area contributed by atoms with Crippen molar-refractivity contribution in [2.45, 2.75) is 25.7 Å². The van der Waals surface area contributed by atoms with Crippen LogP contribution in [0.1, 0.15) is 45.3 Å². The van der Waals surface area contributed by atoms with Gasteiger partial charge in [-0.05, 0) is 12.1 Å². The minimum absolute atomic E-state index is 0.133. The van der Waals surface area contributed by atoms with E-state index < -0.39 is 11.9 Å². The number of carboxylic acids is 2. The van der Waals surface area contributed by atoms with Crippen molar-refractivity contribution in [1.82, 2.24) is 9.97 Å². The molecular formula is C24H22N4O8S2. The van der Waals surface area contributed by atoms with E-state index in [0.717, 1.165) is 22.7 Å².